The highest BCUT2D eigenvalue weighted by Gasteiger charge is 2.16. The second-order valence-corrected chi connectivity index (χ2v) is 7.90. The van der Waals surface area contributed by atoms with E-state index in [1.807, 2.05) is 67.6 Å². The van der Waals surface area contributed by atoms with Crippen molar-refractivity contribution in [2.24, 2.45) is 0 Å². The van der Waals surface area contributed by atoms with E-state index < -0.39 is 0 Å². The lowest BCUT2D eigenvalue weighted by molar-refractivity contribution is 0.0940. The van der Waals surface area contributed by atoms with Gasteiger partial charge in [-0.2, -0.15) is 0 Å². The van der Waals surface area contributed by atoms with Crippen molar-refractivity contribution in [1.29, 1.82) is 0 Å². The lowest BCUT2D eigenvalue weighted by atomic mass is 10.1. The number of carbonyl (C=O) groups excluding carboxylic acids is 2. The van der Waals surface area contributed by atoms with E-state index in [0.29, 0.717) is 29.2 Å². The second-order valence-electron chi connectivity index (χ2n) is 7.90. The Morgan fingerprint density at radius 2 is 1.35 bits per heavy atom. The molecule has 0 aliphatic carbocycles. The van der Waals surface area contributed by atoms with Crippen LogP contribution in [-0.2, 0) is 6.61 Å². The fraction of sp³-hybridized carbons (Fsp3) is 0.103. The van der Waals surface area contributed by atoms with Gasteiger partial charge in [0.05, 0.1) is 17.3 Å². The van der Waals surface area contributed by atoms with Crippen LogP contribution < -0.4 is 15.4 Å². The number of nitrogens with one attached hydrogen (secondary N) is 2. The molecule has 0 aromatic heterocycles. The van der Waals surface area contributed by atoms with Gasteiger partial charge in [-0.3, -0.25) is 9.59 Å². The van der Waals surface area contributed by atoms with Gasteiger partial charge in [-0.05, 0) is 54.4 Å². The Morgan fingerprint density at radius 3 is 2.06 bits per heavy atom. The predicted octanol–water partition coefficient (Wildman–Crippen LogP) is 6.01. The first kappa shape index (κ1) is 22.8. The van der Waals surface area contributed by atoms with Crippen molar-refractivity contribution >= 4 is 17.5 Å². The maximum absolute atomic E-state index is 12.9. The molecule has 0 saturated carbocycles. The quantitative estimate of drug-likeness (QED) is 0.345. The van der Waals surface area contributed by atoms with Gasteiger partial charge in [0.25, 0.3) is 11.8 Å². The molecular weight excluding hydrogens is 424 g/mol. The smallest absolute Gasteiger partial charge is 0.255 e. The average Bonchev–Trinajstić information content (AvgIpc) is 2.89. The molecule has 2 N–H and O–H groups in total. The number of benzene rings is 4. The highest BCUT2D eigenvalue weighted by atomic mass is 16.5. The Labute approximate surface area is 199 Å². The first-order valence-corrected chi connectivity index (χ1v) is 11.1. The van der Waals surface area contributed by atoms with Crippen molar-refractivity contribution in [2.75, 3.05) is 5.32 Å². The first-order valence-electron chi connectivity index (χ1n) is 11.1. The summed E-state index contributed by atoms with van der Waals surface area (Å²) in [6.45, 7) is 2.38. The number of hydrogen-bond acceptors (Lipinski definition) is 3. The van der Waals surface area contributed by atoms with E-state index in [0.717, 1.165) is 11.1 Å². The van der Waals surface area contributed by atoms with Gasteiger partial charge in [-0.1, -0.05) is 72.8 Å². The summed E-state index contributed by atoms with van der Waals surface area (Å²) in [6, 6.07) is 33.4. The topological polar surface area (TPSA) is 67.4 Å². The normalized spacial score (nSPS) is 11.3. The molecule has 0 spiro atoms. The lowest BCUT2D eigenvalue weighted by Gasteiger charge is -2.16. The second kappa shape index (κ2) is 11.0. The Hall–Kier alpha value is -4.38. The minimum absolute atomic E-state index is 0.166. The highest BCUT2D eigenvalue weighted by Crippen LogP contribution is 2.20. The Bertz CT molecular complexity index is 1240. The van der Waals surface area contributed by atoms with E-state index in [9.17, 15) is 9.59 Å². The van der Waals surface area contributed by atoms with Crippen LogP contribution in [0.5, 0.6) is 5.75 Å². The van der Waals surface area contributed by atoms with Crippen molar-refractivity contribution in [3.8, 4) is 5.75 Å². The van der Waals surface area contributed by atoms with Gasteiger partial charge in [0.2, 0.25) is 0 Å². The van der Waals surface area contributed by atoms with Crippen molar-refractivity contribution in [3.05, 3.63) is 131 Å². The summed E-state index contributed by atoms with van der Waals surface area (Å²) in [4.78, 5) is 25.8. The average molecular weight is 451 g/mol. The van der Waals surface area contributed by atoms with Crippen LogP contribution in [0.25, 0.3) is 0 Å². The van der Waals surface area contributed by atoms with Crippen LogP contribution in [-0.4, -0.2) is 11.8 Å². The molecule has 5 heteroatoms. The summed E-state index contributed by atoms with van der Waals surface area (Å²) < 4.78 is 5.78. The molecule has 0 fully saturated rings. The third kappa shape index (κ3) is 5.90. The standard InChI is InChI=1S/C29H26N2O3/c1-21(23-12-6-3-7-13-23)30-29(33)26-14-8-9-15-27(26)31-28(32)24-16-18-25(19-17-24)34-20-22-10-4-2-5-11-22/h2-19,21H,20H2,1H3,(H,30,33)(H,31,32). The van der Waals surface area contributed by atoms with Gasteiger partial charge >= 0.3 is 0 Å². The fourth-order valence-electron chi connectivity index (χ4n) is 3.53. The molecule has 4 aromatic carbocycles. The van der Waals surface area contributed by atoms with Gasteiger partial charge in [0.1, 0.15) is 12.4 Å². The Balaban J connectivity index is 1.40. The molecule has 4 rings (SSSR count). The van der Waals surface area contributed by atoms with E-state index >= 15 is 0 Å². The van der Waals surface area contributed by atoms with Crippen molar-refractivity contribution in [2.45, 2.75) is 19.6 Å². The van der Waals surface area contributed by atoms with Crippen molar-refractivity contribution in [3.63, 3.8) is 0 Å². The van der Waals surface area contributed by atoms with Crippen molar-refractivity contribution < 1.29 is 14.3 Å². The summed E-state index contributed by atoms with van der Waals surface area (Å²) in [5, 5.41) is 5.85. The van der Waals surface area contributed by atoms with Crippen LogP contribution >= 0.6 is 0 Å². The summed E-state index contributed by atoms with van der Waals surface area (Å²) in [5.41, 5.74) is 3.41. The molecule has 2 amide bonds. The molecule has 0 aliphatic heterocycles. The summed E-state index contributed by atoms with van der Waals surface area (Å²) in [7, 11) is 0. The molecule has 0 aliphatic rings. The van der Waals surface area contributed by atoms with Gasteiger partial charge in [0, 0.05) is 5.56 Å². The number of hydrogen-bond donors (Lipinski definition) is 2. The molecule has 0 heterocycles. The largest absolute Gasteiger partial charge is 0.489 e. The number of ether oxygens (including phenoxy) is 1. The van der Waals surface area contributed by atoms with E-state index in [1.54, 1.807) is 48.5 Å². The van der Waals surface area contributed by atoms with Gasteiger partial charge in [-0.15, -0.1) is 0 Å². The number of amides is 2. The van der Waals surface area contributed by atoms with E-state index in [2.05, 4.69) is 10.6 Å². The van der Waals surface area contributed by atoms with Crippen LogP contribution in [0.4, 0.5) is 5.69 Å². The number of anilines is 1. The maximum atomic E-state index is 12.9. The zero-order chi connectivity index (χ0) is 23.8. The molecule has 5 nitrogen and oxygen atoms in total. The summed E-state index contributed by atoms with van der Waals surface area (Å²) in [5.74, 6) is 0.123. The third-order valence-electron chi connectivity index (χ3n) is 5.43. The van der Waals surface area contributed by atoms with Crippen LogP contribution in [0.15, 0.2) is 109 Å². The molecule has 0 bridgehead atoms. The zero-order valence-electron chi connectivity index (χ0n) is 18.9. The van der Waals surface area contributed by atoms with Gasteiger partial charge in [-0.25, -0.2) is 0 Å². The van der Waals surface area contributed by atoms with Crippen LogP contribution in [0.3, 0.4) is 0 Å². The monoisotopic (exact) mass is 450 g/mol. The summed E-state index contributed by atoms with van der Waals surface area (Å²) >= 11 is 0. The number of rotatable bonds is 8. The Morgan fingerprint density at radius 1 is 0.735 bits per heavy atom. The Kier molecular flexibility index (Phi) is 7.35. The lowest BCUT2D eigenvalue weighted by Crippen LogP contribution is -2.28. The fourth-order valence-corrected chi connectivity index (χ4v) is 3.53. The summed E-state index contributed by atoms with van der Waals surface area (Å²) in [6.07, 6.45) is 0. The molecule has 170 valence electrons. The van der Waals surface area contributed by atoms with Crippen molar-refractivity contribution in [1.82, 2.24) is 5.32 Å². The van der Waals surface area contributed by atoms with E-state index in [1.165, 1.54) is 0 Å². The molecule has 1 atom stereocenters. The predicted molar refractivity (Wildman–Crippen MR) is 134 cm³/mol. The minimum atomic E-state index is -0.300. The van der Waals surface area contributed by atoms with Crippen LogP contribution in [0.2, 0.25) is 0 Å². The van der Waals surface area contributed by atoms with Crippen LogP contribution in [0.1, 0.15) is 44.8 Å². The zero-order valence-corrected chi connectivity index (χ0v) is 18.9. The molecule has 34 heavy (non-hydrogen) atoms. The SMILES string of the molecule is CC(NC(=O)c1ccccc1NC(=O)c1ccc(OCc2ccccc2)cc1)c1ccccc1. The molecule has 1 unspecified atom stereocenters. The minimum Gasteiger partial charge on any atom is -0.489 e. The number of para-hydroxylation sites is 1. The van der Waals surface area contributed by atoms with Crippen LogP contribution in [0, 0.1) is 0 Å². The maximum Gasteiger partial charge on any atom is 0.255 e. The molecule has 4 aromatic rings. The van der Waals surface area contributed by atoms with Gasteiger partial charge in [0.15, 0.2) is 0 Å². The third-order valence-corrected chi connectivity index (χ3v) is 5.43. The molecule has 0 radical (unpaired) electrons. The first-order chi connectivity index (χ1) is 16.6. The highest BCUT2D eigenvalue weighted by molar-refractivity contribution is 6.09. The molecular formula is C29H26N2O3. The van der Waals surface area contributed by atoms with E-state index in [4.69, 9.17) is 4.74 Å². The number of carbonyl (C=O) groups is 2. The molecule has 0 saturated heterocycles. The van der Waals surface area contributed by atoms with E-state index in [-0.39, 0.29) is 17.9 Å². The van der Waals surface area contributed by atoms with Gasteiger partial charge < -0.3 is 15.4 Å².